The van der Waals surface area contributed by atoms with Crippen molar-refractivity contribution in [2.75, 3.05) is 6.54 Å². The average Bonchev–Trinajstić information content (AvgIpc) is 2.26. The molecule has 15 heavy (non-hydrogen) atoms. The maximum absolute atomic E-state index is 12.3. The summed E-state index contributed by atoms with van der Waals surface area (Å²) in [5.41, 5.74) is -4.04. The van der Waals surface area contributed by atoms with E-state index in [0.29, 0.717) is 0 Å². The highest BCUT2D eigenvalue weighted by atomic mass is 19.4. The van der Waals surface area contributed by atoms with Crippen LogP contribution in [0.2, 0.25) is 0 Å². The third kappa shape index (κ3) is 1.64. The topological polar surface area (TPSA) is 47.3 Å². The number of amidine groups is 1. The van der Waals surface area contributed by atoms with Crippen molar-refractivity contribution in [3.8, 4) is 0 Å². The van der Waals surface area contributed by atoms with E-state index < -0.39 is 36.6 Å². The zero-order valence-corrected chi connectivity index (χ0v) is 7.08. The lowest BCUT2D eigenvalue weighted by molar-refractivity contribution is -0.339. The SMILES string of the molecule is N=C1CC(C(F)(F)F)(C(F)(F)F)CN1O. The van der Waals surface area contributed by atoms with Crippen molar-refractivity contribution in [3.63, 3.8) is 0 Å². The highest BCUT2D eigenvalue weighted by Gasteiger charge is 2.74. The molecule has 0 spiro atoms. The number of nitrogens with zero attached hydrogens (tertiary/aromatic N) is 1. The molecule has 0 atom stereocenters. The highest BCUT2D eigenvalue weighted by molar-refractivity contribution is 5.81. The molecule has 1 fully saturated rings. The molecule has 1 aliphatic heterocycles. The zero-order valence-electron chi connectivity index (χ0n) is 7.08. The van der Waals surface area contributed by atoms with Crippen molar-refractivity contribution in [2.24, 2.45) is 5.41 Å². The standard InChI is InChI=1S/C6H6F6N2O/c7-5(8,9)4(6(10,11)12)1-3(13)14(15)2-4/h13,15H,1-2H2. The molecule has 1 aliphatic rings. The second-order valence-corrected chi connectivity index (χ2v) is 3.26. The smallest absolute Gasteiger partial charge is 0.287 e. The summed E-state index contributed by atoms with van der Waals surface area (Å²) in [6, 6.07) is 0. The van der Waals surface area contributed by atoms with Gasteiger partial charge in [0.1, 0.15) is 5.84 Å². The fourth-order valence-corrected chi connectivity index (χ4v) is 1.32. The van der Waals surface area contributed by atoms with Gasteiger partial charge < -0.3 is 0 Å². The molecule has 0 aromatic heterocycles. The van der Waals surface area contributed by atoms with Crippen LogP contribution >= 0.6 is 0 Å². The summed E-state index contributed by atoms with van der Waals surface area (Å²) in [6.45, 7) is -1.68. The van der Waals surface area contributed by atoms with E-state index in [1.54, 1.807) is 0 Å². The van der Waals surface area contributed by atoms with Gasteiger partial charge in [-0.1, -0.05) is 0 Å². The third-order valence-corrected chi connectivity index (χ3v) is 2.29. The molecule has 1 saturated heterocycles. The van der Waals surface area contributed by atoms with Gasteiger partial charge in [0.2, 0.25) is 0 Å². The predicted molar refractivity (Wildman–Crippen MR) is 35.4 cm³/mol. The number of hydrogen-bond acceptors (Lipinski definition) is 2. The molecule has 0 aromatic carbocycles. The van der Waals surface area contributed by atoms with E-state index in [-0.39, 0.29) is 5.06 Å². The summed E-state index contributed by atoms with van der Waals surface area (Å²) in [5.74, 6) is -1.09. The van der Waals surface area contributed by atoms with Gasteiger partial charge in [-0.2, -0.15) is 26.3 Å². The molecule has 0 amide bonds. The largest absolute Gasteiger partial charge is 0.405 e. The Kier molecular flexibility index (Phi) is 2.42. The van der Waals surface area contributed by atoms with Crippen molar-refractivity contribution in [1.82, 2.24) is 5.06 Å². The van der Waals surface area contributed by atoms with Gasteiger partial charge in [-0.25, -0.2) is 5.06 Å². The van der Waals surface area contributed by atoms with Gasteiger partial charge in [0.05, 0.1) is 6.54 Å². The molecule has 9 heteroatoms. The lowest BCUT2D eigenvalue weighted by atomic mass is 9.85. The summed E-state index contributed by atoms with van der Waals surface area (Å²) in [5, 5.41) is 15.1. The van der Waals surface area contributed by atoms with Crippen molar-refractivity contribution >= 4 is 5.84 Å². The summed E-state index contributed by atoms with van der Waals surface area (Å²) >= 11 is 0. The van der Waals surface area contributed by atoms with Crippen molar-refractivity contribution in [3.05, 3.63) is 0 Å². The molecular formula is C6H6F6N2O. The van der Waals surface area contributed by atoms with Crippen molar-refractivity contribution < 1.29 is 31.5 Å². The fourth-order valence-electron chi connectivity index (χ4n) is 1.32. The maximum Gasteiger partial charge on any atom is 0.405 e. The molecule has 0 radical (unpaired) electrons. The fraction of sp³-hybridized carbons (Fsp3) is 0.833. The minimum absolute atomic E-state index is 0.332. The van der Waals surface area contributed by atoms with Gasteiger partial charge >= 0.3 is 12.4 Å². The quantitative estimate of drug-likeness (QED) is 0.633. The Balaban J connectivity index is 3.18. The average molecular weight is 236 g/mol. The first-order valence-corrected chi connectivity index (χ1v) is 3.68. The van der Waals surface area contributed by atoms with E-state index in [1.807, 2.05) is 0 Å². The first kappa shape index (κ1) is 12.1. The van der Waals surface area contributed by atoms with Crippen LogP contribution < -0.4 is 0 Å². The Labute approximate surface area is 79.7 Å². The van der Waals surface area contributed by atoms with E-state index in [1.165, 1.54) is 0 Å². The van der Waals surface area contributed by atoms with E-state index in [0.717, 1.165) is 0 Å². The van der Waals surface area contributed by atoms with Crippen LogP contribution in [0.5, 0.6) is 0 Å². The second kappa shape index (κ2) is 3.00. The number of halogens is 6. The third-order valence-electron chi connectivity index (χ3n) is 2.29. The second-order valence-electron chi connectivity index (χ2n) is 3.26. The Morgan fingerprint density at radius 3 is 1.67 bits per heavy atom. The van der Waals surface area contributed by atoms with Crippen LogP contribution in [-0.4, -0.2) is 35.0 Å². The van der Waals surface area contributed by atoms with Crippen molar-refractivity contribution in [1.29, 1.82) is 5.41 Å². The molecule has 2 N–H and O–H groups in total. The van der Waals surface area contributed by atoms with Crippen LogP contribution in [0, 0.1) is 10.8 Å². The maximum atomic E-state index is 12.3. The molecule has 0 saturated carbocycles. The van der Waals surface area contributed by atoms with Gasteiger partial charge in [0, 0.05) is 6.42 Å². The van der Waals surface area contributed by atoms with E-state index in [9.17, 15) is 26.3 Å². The minimum Gasteiger partial charge on any atom is -0.287 e. The van der Waals surface area contributed by atoms with Crippen LogP contribution in [-0.2, 0) is 0 Å². The highest BCUT2D eigenvalue weighted by Crippen LogP contribution is 2.55. The lowest BCUT2D eigenvalue weighted by Gasteiger charge is -2.32. The number of nitrogens with one attached hydrogen (secondary N) is 1. The van der Waals surface area contributed by atoms with Crippen LogP contribution in [0.4, 0.5) is 26.3 Å². The van der Waals surface area contributed by atoms with E-state index in [4.69, 9.17) is 10.6 Å². The molecule has 1 rings (SSSR count). The summed E-state index contributed by atoms with van der Waals surface area (Å²) in [7, 11) is 0. The van der Waals surface area contributed by atoms with Gasteiger partial charge in [-0.15, -0.1) is 0 Å². The van der Waals surface area contributed by atoms with Crippen LogP contribution in [0.1, 0.15) is 6.42 Å². The minimum atomic E-state index is -5.55. The Morgan fingerprint density at radius 1 is 1.13 bits per heavy atom. The molecule has 0 bridgehead atoms. The van der Waals surface area contributed by atoms with Crippen LogP contribution in [0.15, 0.2) is 0 Å². The van der Waals surface area contributed by atoms with Gasteiger partial charge in [0.15, 0.2) is 5.41 Å². The van der Waals surface area contributed by atoms with Crippen LogP contribution in [0.25, 0.3) is 0 Å². The van der Waals surface area contributed by atoms with Gasteiger partial charge in [-0.3, -0.25) is 10.6 Å². The summed E-state index contributed by atoms with van der Waals surface area (Å²) < 4.78 is 73.8. The molecule has 0 unspecified atom stereocenters. The van der Waals surface area contributed by atoms with E-state index >= 15 is 0 Å². The lowest BCUT2D eigenvalue weighted by Crippen LogP contribution is -2.51. The Bertz CT molecular complexity index is 268. The Hall–Kier alpha value is -0.990. The number of hydrogen-bond donors (Lipinski definition) is 2. The van der Waals surface area contributed by atoms with Crippen molar-refractivity contribution in [2.45, 2.75) is 18.8 Å². The summed E-state index contributed by atoms with van der Waals surface area (Å²) in [4.78, 5) is 0. The monoisotopic (exact) mass is 236 g/mol. The Morgan fingerprint density at radius 2 is 1.53 bits per heavy atom. The summed E-state index contributed by atoms with van der Waals surface area (Å²) in [6.07, 6.45) is -12.7. The van der Waals surface area contributed by atoms with Gasteiger partial charge in [0.25, 0.3) is 0 Å². The molecule has 0 aromatic rings. The first-order chi connectivity index (χ1) is 6.51. The number of alkyl halides is 6. The van der Waals surface area contributed by atoms with E-state index in [2.05, 4.69) is 0 Å². The molecule has 3 nitrogen and oxygen atoms in total. The molecule has 1 heterocycles. The molecule has 0 aliphatic carbocycles. The van der Waals surface area contributed by atoms with Gasteiger partial charge in [-0.05, 0) is 0 Å². The predicted octanol–water partition coefficient (Wildman–Crippen LogP) is 2.17. The molecule has 88 valence electrons. The van der Waals surface area contributed by atoms with Crippen LogP contribution in [0.3, 0.4) is 0 Å². The zero-order chi connectivity index (χ0) is 12.1. The normalized spacial score (nSPS) is 22.3. The number of hydroxylamine groups is 2. The molecular weight excluding hydrogens is 230 g/mol. The first-order valence-electron chi connectivity index (χ1n) is 3.68. The number of rotatable bonds is 0.